The molecule has 0 fully saturated rings. The molecule has 2 aromatic heterocycles. The summed E-state index contributed by atoms with van der Waals surface area (Å²) in [5.41, 5.74) is -4.81. The summed E-state index contributed by atoms with van der Waals surface area (Å²) in [5.74, 6) is -2.02. The third-order valence-electron chi connectivity index (χ3n) is 6.21. The first kappa shape index (κ1) is 26.3. The summed E-state index contributed by atoms with van der Waals surface area (Å²) < 4.78 is 59.4. The van der Waals surface area contributed by atoms with Crippen LogP contribution in [0.15, 0.2) is 54.9 Å². The van der Waals surface area contributed by atoms with Crippen molar-refractivity contribution in [3.05, 3.63) is 83.1 Å². The first-order valence-electron chi connectivity index (χ1n) is 11.2. The molecule has 4 N–H and O–H groups in total. The fraction of sp³-hybridized carbons (Fsp3) is 0.280. The molecule has 196 valence electrons. The van der Waals surface area contributed by atoms with Gasteiger partial charge in [-0.2, -0.15) is 18.3 Å². The van der Waals surface area contributed by atoms with Crippen LogP contribution in [0.1, 0.15) is 34.1 Å². The first-order chi connectivity index (χ1) is 17.4. The van der Waals surface area contributed by atoms with Gasteiger partial charge in [0.05, 0.1) is 36.7 Å². The van der Waals surface area contributed by atoms with E-state index in [1.54, 1.807) is 0 Å². The molecule has 0 aliphatic rings. The number of carboxylic acids is 1. The molecule has 8 nitrogen and oxygen atoms in total. The zero-order valence-electron chi connectivity index (χ0n) is 19.4. The van der Waals surface area contributed by atoms with Gasteiger partial charge in [-0.1, -0.05) is 13.0 Å². The molecule has 2 atom stereocenters. The van der Waals surface area contributed by atoms with Gasteiger partial charge in [-0.3, -0.25) is 0 Å². The number of hydrogen-bond donors (Lipinski definition) is 4. The van der Waals surface area contributed by atoms with E-state index in [0.29, 0.717) is 11.2 Å². The lowest BCUT2D eigenvalue weighted by Crippen LogP contribution is -2.43. The second-order valence-electron chi connectivity index (χ2n) is 8.53. The van der Waals surface area contributed by atoms with E-state index in [1.807, 2.05) is 0 Å². The van der Waals surface area contributed by atoms with Crippen molar-refractivity contribution in [2.75, 3.05) is 6.61 Å². The van der Waals surface area contributed by atoms with E-state index in [0.717, 1.165) is 22.9 Å². The maximum absolute atomic E-state index is 14.6. The predicted octanol–water partition coefficient (Wildman–Crippen LogP) is 3.38. The van der Waals surface area contributed by atoms with Crippen molar-refractivity contribution in [1.82, 2.24) is 14.3 Å². The molecule has 0 aliphatic carbocycles. The summed E-state index contributed by atoms with van der Waals surface area (Å²) in [6.07, 6.45) is -4.72. The normalized spacial score (nSPS) is 14.6. The minimum Gasteiger partial charge on any atom is -0.477 e. The monoisotopic (exact) mass is 521 g/mol. The average Bonchev–Trinajstić information content (AvgIpc) is 3.44. The van der Waals surface area contributed by atoms with E-state index in [4.69, 9.17) is 5.11 Å². The quantitative estimate of drug-likeness (QED) is 0.264. The molecule has 0 aliphatic heterocycles. The van der Waals surface area contributed by atoms with E-state index in [9.17, 15) is 37.7 Å². The molecule has 0 amide bonds. The standard InChI is InChI=1S/C25H23F4N3O5/c1-2-19-20(12-31(11-18(34)13-33)22(19)23(35)36)24(37,25(27,28)29)15-3-8-21-14(9-15)10-30-32(21)17-6-4-16(26)5-7-17/h3-10,12,18,33-34,37H,2,11,13H2,1H3,(H,35,36). The Morgan fingerprint density at radius 1 is 1.14 bits per heavy atom. The Morgan fingerprint density at radius 2 is 1.81 bits per heavy atom. The summed E-state index contributed by atoms with van der Waals surface area (Å²) in [4.78, 5) is 12.0. The van der Waals surface area contributed by atoms with Crippen LogP contribution in [0.4, 0.5) is 17.6 Å². The molecule has 0 spiro atoms. The van der Waals surface area contributed by atoms with Crippen molar-refractivity contribution in [3.63, 3.8) is 0 Å². The number of benzene rings is 2. The Labute approximate surface area is 207 Å². The number of aromatic nitrogens is 3. The van der Waals surface area contributed by atoms with Crippen LogP contribution in [0.3, 0.4) is 0 Å². The molecular formula is C25H23F4N3O5. The lowest BCUT2D eigenvalue weighted by Gasteiger charge is -2.31. The largest absolute Gasteiger partial charge is 0.477 e. The van der Waals surface area contributed by atoms with Gasteiger partial charge in [0.1, 0.15) is 11.5 Å². The number of aliphatic hydroxyl groups is 3. The number of rotatable bonds is 8. The highest BCUT2D eigenvalue weighted by molar-refractivity contribution is 5.89. The minimum atomic E-state index is -5.27. The highest BCUT2D eigenvalue weighted by Crippen LogP contribution is 2.47. The summed E-state index contributed by atoms with van der Waals surface area (Å²) in [5, 5.41) is 44.4. The van der Waals surface area contributed by atoms with Crippen molar-refractivity contribution in [3.8, 4) is 5.69 Å². The second-order valence-corrected chi connectivity index (χ2v) is 8.53. The number of hydrogen-bond acceptors (Lipinski definition) is 5. The third-order valence-corrected chi connectivity index (χ3v) is 6.21. The van der Waals surface area contributed by atoms with Crippen molar-refractivity contribution in [1.29, 1.82) is 0 Å². The molecule has 0 saturated heterocycles. The fourth-order valence-corrected chi connectivity index (χ4v) is 4.47. The van der Waals surface area contributed by atoms with Gasteiger partial charge < -0.3 is 25.0 Å². The van der Waals surface area contributed by atoms with Crippen LogP contribution in [0.5, 0.6) is 0 Å². The predicted molar refractivity (Wildman–Crippen MR) is 124 cm³/mol. The zero-order valence-corrected chi connectivity index (χ0v) is 19.4. The SMILES string of the molecule is CCc1c(C(O)(c2ccc3c(cnn3-c3ccc(F)cc3)c2)C(F)(F)F)cn(CC(O)CO)c1C(=O)O. The van der Waals surface area contributed by atoms with Crippen molar-refractivity contribution < 1.29 is 42.8 Å². The smallest absolute Gasteiger partial charge is 0.425 e. The van der Waals surface area contributed by atoms with Gasteiger partial charge in [0.2, 0.25) is 5.60 Å². The van der Waals surface area contributed by atoms with Crippen LogP contribution >= 0.6 is 0 Å². The Morgan fingerprint density at radius 3 is 2.38 bits per heavy atom. The van der Waals surface area contributed by atoms with E-state index >= 15 is 0 Å². The number of nitrogens with zero attached hydrogens (tertiary/aromatic N) is 3. The highest BCUT2D eigenvalue weighted by Gasteiger charge is 2.58. The summed E-state index contributed by atoms with van der Waals surface area (Å²) in [7, 11) is 0. The van der Waals surface area contributed by atoms with Crippen molar-refractivity contribution in [2.24, 2.45) is 0 Å². The molecule has 2 unspecified atom stereocenters. The van der Waals surface area contributed by atoms with Gasteiger partial charge in [0.15, 0.2) is 0 Å². The second kappa shape index (κ2) is 9.61. The van der Waals surface area contributed by atoms with Crippen LogP contribution in [-0.2, 0) is 18.6 Å². The van der Waals surface area contributed by atoms with Crippen molar-refractivity contribution >= 4 is 16.9 Å². The molecule has 4 rings (SSSR count). The molecule has 2 heterocycles. The topological polar surface area (TPSA) is 121 Å². The number of fused-ring (bicyclic) bond motifs is 1. The fourth-order valence-electron chi connectivity index (χ4n) is 4.47. The summed E-state index contributed by atoms with van der Waals surface area (Å²) in [6, 6.07) is 8.83. The van der Waals surface area contributed by atoms with Gasteiger partial charge in [-0.25, -0.2) is 13.9 Å². The van der Waals surface area contributed by atoms with Gasteiger partial charge in [-0.05, 0) is 53.9 Å². The Bertz CT molecular complexity index is 1450. The zero-order chi connectivity index (χ0) is 27.1. The lowest BCUT2D eigenvalue weighted by molar-refractivity contribution is -0.248. The molecule has 12 heteroatoms. The summed E-state index contributed by atoms with van der Waals surface area (Å²) >= 11 is 0. The van der Waals surface area contributed by atoms with Crippen LogP contribution in [0, 0.1) is 5.82 Å². The first-order valence-corrected chi connectivity index (χ1v) is 11.2. The molecule has 37 heavy (non-hydrogen) atoms. The van der Waals surface area contributed by atoms with Gasteiger partial charge >= 0.3 is 12.1 Å². The van der Waals surface area contributed by atoms with Gasteiger partial charge in [0, 0.05) is 17.1 Å². The maximum atomic E-state index is 14.6. The molecular weight excluding hydrogens is 498 g/mol. The third kappa shape index (κ3) is 4.47. The number of halogens is 4. The number of carbonyl (C=O) groups is 1. The molecule has 0 saturated carbocycles. The van der Waals surface area contributed by atoms with Crippen LogP contribution in [0.25, 0.3) is 16.6 Å². The number of aromatic carboxylic acids is 1. The number of carboxylic acid groups (broad SMARTS) is 1. The van der Waals surface area contributed by atoms with E-state index in [1.165, 1.54) is 48.1 Å². The van der Waals surface area contributed by atoms with Gasteiger partial charge in [-0.15, -0.1) is 0 Å². The molecule has 4 aromatic rings. The lowest BCUT2D eigenvalue weighted by atomic mass is 9.83. The highest BCUT2D eigenvalue weighted by atomic mass is 19.4. The van der Waals surface area contributed by atoms with Crippen molar-refractivity contribution in [2.45, 2.75) is 37.8 Å². The Hall–Kier alpha value is -3.74. The minimum absolute atomic E-state index is 0.164. The van der Waals surface area contributed by atoms with Crippen LogP contribution < -0.4 is 0 Å². The Balaban J connectivity index is 1.92. The number of alkyl halides is 3. The Kier molecular flexibility index (Phi) is 6.84. The van der Waals surface area contributed by atoms with E-state index in [-0.39, 0.29) is 17.4 Å². The van der Waals surface area contributed by atoms with Gasteiger partial charge in [0.25, 0.3) is 0 Å². The number of aliphatic hydroxyl groups excluding tert-OH is 2. The van der Waals surface area contributed by atoms with E-state index in [2.05, 4.69) is 5.10 Å². The molecule has 2 aromatic carbocycles. The molecule has 0 bridgehead atoms. The molecule has 0 radical (unpaired) electrons. The van der Waals surface area contributed by atoms with Crippen LogP contribution in [-0.4, -0.2) is 59.6 Å². The van der Waals surface area contributed by atoms with E-state index < -0.39 is 59.6 Å². The average molecular weight is 521 g/mol. The maximum Gasteiger partial charge on any atom is 0.425 e. The van der Waals surface area contributed by atoms with Crippen LogP contribution in [0.2, 0.25) is 0 Å². The summed E-state index contributed by atoms with van der Waals surface area (Å²) in [6.45, 7) is 0.208.